The lowest BCUT2D eigenvalue weighted by Crippen LogP contribution is -2.47. The van der Waals surface area contributed by atoms with Gasteiger partial charge < -0.3 is 18.9 Å². The van der Waals surface area contributed by atoms with E-state index in [1.807, 2.05) is 0 Å². The summed E-state index contributed by atoms with van der Waals surface area (Å²) < 4.78 is 20.7. The van der Waals surface area contributed by atoms with Gasteiger partial charge >= 0.3 is 0 Å². The summed E-state index contributed by atoms with van der Waals surface area (Å²) in [4.78, 5) is 0. The Balaban J connectivity index is 1.94. The van der Waals surface area contributed by atoms with Crippen LogP contribution < -0.4 is 0 Å². The van der Waals surface area contributed by atoms with Gasteiger partial charge in [0, 0.05) is 0 Å². The molecule has 2 saturated heterocycles. The molecule has 2 rings (SSSR count). The largest absolute Gasteiger partial charge is 0.355 e. The Hall–Kier alpha value is -0.160. The molecule has 0 aromatic carbocycles. The van der Waals surface area contributed by atoms with Gasteiger partial charge in [-0.25, -0.2) is 0 Å². The topological polar surface area (TPSA) is 36.9 Å². The van der Waals surface area contributed by atoms with Crippen LogP contribution in [0.2, 0.25) is 0 Å². The van der Waals surface area contributed by atoms with Gasteiger partial charge in [-0.05, 0) is 0 Å². The van der Waals surface area contributed by atoms with Crippen molar-refractivity contribution in [3.8, 4) is 0 Å². The molecule has 2 aliphatic rings. The van der Waals surface area contributed by atoms with Gasteiger partial charge in [-0.1, -0.05) is 0 Å². The molecule has 0 amide bonds. The highest BCUT2D eigenvalue weighted by Crippen LogP contribution is 2.25. The number of hydrogen-bond acceptors (Lipinski definition) is 4. The molecule has 4 heteroatoms. The first-order chi connectivity index (χ1) is 5.41. The third-order valence-electron chi connectivity index (χ3n) is 1.97. The molecule has 0 aromatic rings. The first-order valence-electron chi connectivity index (χ1n) is 3.72. The second-order valence-electron chi connectivity index (χ2n) is 3.13. The van der Waals surface area contributed by atoms with E-state index in [4.69, 9.17) is 18.9 Å². The van der Waals surface area contributed by atoms with E-state index >= 15 is 0 Å². The molecule has 64 valence electrons. The van der Waals surface area contributed by atoms with Crippen LogP contribution in [0.4, 0.5) is 0 Å². The van der Waals surface area contributed by atoms with Crippen LogP contribution in [0.5, 0.6) is 0 Å². The highest BCUT2D eigenvalue weighted by atomic mass is 16.7. The van der Waals surface area contributed by atoms with Crippen molar-refractivity contribution in [2.24, 2.45) is 5.41 Å². The lowest BCUT2D eigenvalue weighted by Gasteiger charge is -2.38. The van der Waals surface area contributed by atoms with Crippen LogP contribution in [-0.2, 0) is 18.9 Å². The quantitative estimate of drug-likeness (QED) is 0.499. The molecule has 2 heterocycles. The molecule has 1 spiro atoms. The maximum absolute atomic E-state index is 5.18. The zero-order chi connectivity index (χ0) is 7.57. The Morgan fingerprint density at radius 3 is 1.36 bits per heavy atom. The highest BCUT2D eigenvalue weighted by Gasteiger charge is 2.36. The third-order valence-corrected chi connectivity index (χ3v) is 1.97. The van der Waals surface area contributed by atoms with Crippen LogP contribution >= 0.6 is 0 Å². The summed E-state index contributed by atoms with van der Waals surface area (Å²) in [5, 5.41) is 0. The molecule has 2 aliphatic heterocycles. The Bertz CT molecular complexity index is 105. The molecule has 0 aliphatic carbocycles. The minimum atomic E-state index is -0.0312. The van der Waals surface area contributed by atoms with Crippen LogP contribution in [-0.4, -0.2) is 40.0 Å². The number of ether oxygens (including phenoxy) is 4. The molecule has 11 heavy (non-hydrogen) atoms. The number of hydrogen-bond donors (Lipinski definition) is 0. The zero-order valence-electron chi connectivity index (χ0n) is 6.38. The van der Waals surface area contributed by atoms with Crippen molar-refractivity contribution in [3.05, 3.63) is 0 Å². The summed E-state index contributed by atoms with van der Waals surface area (Å²) in [6.07, 6.45) is 0. The van der Waals surface area contributed by atoms with Gasteiger partial charge in [0.15, 0.2) is 0 Å². The van der Waals surface area contributed by atoms with Crippen LogP contribution in [0.15, 0.2) is 0 Å². The van der Waals surface area contributed by atoms with Crippen molar-refractivity contribution in [1.29, 1.82) is 0 Å². The van der Waals surface area contributed by atoms with Crippen LogP contribution in [0.3, 0.4) is 0 Å². The summed E-state index contributed by atoms with van der Waals surface area (Å²) in [6.45, 7) is 3.56. The summed E-state index contributed by atoms with van der Waals surface area (Å²) in [7, 11) is 0. The maximum atomic E-state index is 5.18. The van der Waals surface area contributed by atoms with E-state index in [0.29, 0.717) is 40.0 Å². The summed E-state index contributed by atoms with van der Waals surface area (Å²) >= 11 is 0. The molecule has 2 fully saturated rings. The monoisotopic (exact) mass is 160 g/mol. The molecular formula is C7H12O4. The molecule has 0 aromatic heterocycles. The second kappa shape index (κ2) is 3.06. The molecule has 4 nitrogen and oxygen atoms in total. The van der Waals surface area contributed by atoms with Gasteiger partial charge in [0.1, 0.15) is 13.6 Å². The Morgan fingerprint density at radius 2 is 1.00 bits per heavy atom. The van der Waals surface area contributed by atoms with Crippen molar-refractivity contribution in [3.63, 3.8) is 0 Å². The molecule has 0 N–H and O–H groups in total. The first kappa shape index (κ1) is 7.49. The fourth-order valence-corrected chi connectivity index (χ4v) is 1.40. The Morgan fingerprint density at radius 1 is 0.636 bits per heavy atom. The van der Waals surface area contributed by atoms with Gasteiger partial charge in [-0.3, -0.25) is 0 Å². The smallest absolute Gasteiger partial charge is 0.146 e. The highest BCUT2D eigenvalue weighted by molar-refractivity contribution is 4.81. The predicted molar refractivity (Wildman–Crippen MR) is 36.0 cm³/mol. The van der Waals surface area contributed by atoms with E-state index in [0.717, 1.165) is 0 Å². The molecule has 0 unspecified atom stereocenters. The first-order valence-corrected chi connectivity index (χ1v) is 3.72. The van der Waals surface area contributed by atoms with Crippen molar-refractivity contribution >= 4 is 0 Å². The van der Waals surface area contributed by atoms with Crippen molar-refractivity contribution in [2.45, 2.75) is 0 Å². The lowest BCUT2D eigenvalue weighted by molar-refractivity contribution is -0.245. The Labute approximate surface area is 65.4 Å². The van der Waals surface area contributed by atoms with Gasteiger partial charge in [-0.2, -0.15) is 0 Å². The minimum absolute atomic E-state index is 0.0312. The minimum Gasteiger partial charge on any atom is -0.355 e. The van der Waals surface area contributed by atoms with Gasteiger partial charge in [0.05, 0.1) is 31.8 Å². The molecule has 0 bridgehead atoms. The normalized spacial score (nSPS) is 30.5. The molecule has 0 radical (unpaired) electrons. The molecular weight excluding hydrogens is 148 g/mol. The van der Waals surface area contributed by atoms with Gasteiger partial charge in [-0.15, -0.1) is 0 Å². The van der Waals surface area contributed by atoms with Crippen LogP contribution in [0.1, 0.15) is 0 Å². The third kappa shape index (κ3) is 1.54. The number of rotatable bonds is 0. The maximum Gasteiger partial charge on any atom is 0.146 e. The Kier molecular flexibility index (Phi) is 2.09. The van der Waals surface area contributed by atoms with E-state index in [2.05, 4.69) is 0 Å². The SMILES string of the molecule is C1OCC2(CO1)COCOC2. The molecule has 0 saturated carbocycles. The molecule has 0 atom stereocenters. The summed E-state index contributed by atoms with van der Waals surface area (Å²) in [5.74, 6) is 0. The van der Waals surface area contributed by atoms with Crippen LogP contribution in [0, 0.1) is 5.41 Å². The predicted octanol–water partition coefficient (Wildman–Crippen LogP) is -0.0186. The lowest BCUT2D eigenvalue weighted by atomic mass is 9.91. The second-order valence-corrected chi connectivity index (χ2v) is 3.13. The average Bonchev–Trinajstić information content (AvgIpc) is 2.07. The van der Waals surface area contributed by atoms with Crippen LogP contribution in [0.25, 0.3) is 0 Å². The van der Waals surface area contributed by atoms with E-state index in [9.17, 15) is 0 Å². The van der Waals surface area contributed by atoms with Crippen molar-refractivity contribution < 1.29 is 18.9 Å². The fraction of sp³-hybridized carbons (Fsp3) is 1.00. The summed E-state index contributed by atoms with van der Waals surface area (Å²) in [6, 6.07) is 0. The van der Waals surface area contributed by atoms with Crippen molar-refractivity contribution in [2.75, 3.05) is 40.0 Å². The van der Waals surface area contributed by atoms with E-state index in [1.165, 1.54) is 0 Å². The van der Waals surface area contributed by atoms with Gasteiger partial charge in [0.2, 0.25) is 0 Å². The van der Waals surface area contributed by atoms with E-state index < -0.39 is 0 Å². The van der Waals surface area contributed by atoms with E-state index in [1.54, 1.807) is 0 Å². The summed E-state index contributed by atoms with van der Waals surface area (Å²) in [5.41, 5.74) is -0.0312. The fourth-order valence-electron chi connectivity index (χ4n) is 1.40. The van der Waals surface area contributed by atoms with E-state index in [-0.39, 0.29) is 5.41 Å². The van der Waals surface area contributed by atoms with Gasteiger partial charge in [0.25, 0.3) is 0 Å². The van der Waals surface area contributed by atoms with Crippen molar-refractivity contribution in [1.82, 2.24) is 0 Å². The average molecular weight is 160 g/mol. The standard InChI is InChI=1S/C7H12O4/c1-7(2-9-5-8-1)3-10-6-11-4-7/h1-6H2. The zero-order valence-corrected chi connectivity index (χ0v) is 6.38.